The molecule has 0 unspecified atom stereocenters. The molecule has 2 aromatic carbocycles. The molecule has 0 aliphatic carbocycles. The van der Waals surface area contributed by atoms with Gasteiger partial charge in [-0.3, -0.25) is 4.79 Å². The molecule has 1 amide bonds. The molecule has 0 radical (unpaired) electrons. The predicted octanol–water partition coefficient (Wildman–Crippen LogP) is 2.31. The summed E-state index contributed by atoms with van der Waals surface area (Å²) < 4.78 is 0. The molecule has 0 aromatic heterocycles. The van der Waals surface area contributed by atoms with Gasteiger partial charge >= 0.3 is 0 Å². The molecule has 0 bridgehead atoms. The van der Waals surface area contributed by atoms with Crippen molar-refractivity contribution in [3.8, 4) is 0 Å². The normalized spacial score (nSPS) is 11.6. The van der Waals surface area contributed by atoms with E-state index in [1.165, 1.54) is 0 Å². The molecule has 3 nitrogen and oxygen atoms in total. The van der Waals surface area contributed by atoms with Crippen LogP contribution in [-0.4, -0.2) is 16.9 Å². The molecule has 0 fully saturated rings. The van der Waals surface area contributed by atoms with Crippen LogP contribution in [0.15, 0.2) is 60.7 Å². The molecular formula is C16H16N2OS. The van der Waals surface area contributed by atoms with Crippen molar-refractivity contribution >= 4 is 23.1 Å². The summed E-state index contributed by atoms with van der Waals surface area (Å²) in [5.74, 6) is -0.167. The number of nitrogens with two attached hydrogens (primary N) is 1. The first-order chi connectivity index (χ1) is 9.66. The van der Waals surface area contributed by atoms with E-state index in [1.54, 1.807) is 12.1 Å². The topological polar surface area (TPSA) is 55.1 Å². The highest BCUT2D eigenvalue weighted by atomic mass is 32.1. The molecule has 102 valence electrons. The maximum atomic E-state index is 12.1. The smallest absolute Gasteiger partial charge is 0.251 e. The second-order valence-corrected chi connectivity index (χ2v) is 4.96. The lowest BCUT2D eigenvalue weighted by Crippen LogP contribution is -2.44. The van der Waals surface area contributed by atoms with E-state index in [0.717, 1.165) is 5.56 Å². The van der Waals surface area contributed by atoms with E-state index in [-0.39, 0.29) is 16.9 Å². The van der Waals surface area contributed by atoms with Gasteiger partial charge in [0.05, 0.1) is 11.0 Å². The van der Waals surface area contributed by atoms with Crippen LogP contribution >= 0.6 is 12.2 Å². The van der Waals surface area contributed by atoms with Crippen LogP contribution in [0.5, 0.6) is 0 Å². The minimum atomic E-state index is -0.347. The Morgan fingerprint density at radius 3 is 2.15 bits per heavy atom. The van der Waals surface area contributed by atoms with Gasteiger partial charge in [0.1, 0.15) is 0 Å². The number of thiocarbonyl (C=S) groups is 1. The molecule has 2 aromatic rings. The van der Waals surface area contributed by atoms with Crippen molar-refractivity contribution in [1.82, 2.24) is 5.32 Å². The third-order valence-corrected chi connectivity index (χ3v) is 3.25. The second-order valence-electron chi connectivity index (χ2n) is 4.48. The maximum absolute atomic E-state index is 12.1. The summed E-state index contributed by atoms with van der Waals surface area (Å²) in [4.78, 5) is 12.4. The predicted molar refractivity (Wildman–Crippen MR) is 84.6 cm³/mol. The quantitative estimate of drug-likeness (QED) is 0.828. The monoisotopic (exact) mass is 284 g/mol. The Kier molecular flexibility index (Phi) is 4.85. The Balaban J connectivity index is 2.07. The van der Waals surface area contributed by atoms with Gasteiger partial charge in [-0.05, 0) is 24.1 Å². The summed E-state index contributed by atoms with van der Waals surface area (Å²) >= 11 is 5.05. The van der Waals surface area contributed by atoms with Crippen molar-refractivity contribution in [2.45, 2.75) is 12.5 Å². The van der Waals surface area contributed by atoms with Crippen LogP contribution in [0, 0.1) is 0 Å². The average Bonchev–Trinajstić information content (AvgIpc) is 2.48. The molecule has 0 saturated carbocycles. The van der Waals surface area contributed by atoms with Gasteiger partial charge in [-0.1, -0.05) is 60.7 Å². The lowest BCUT2D eigenvalue weighted by Gasteiger charge is -2.17. The van der Waals surface area contributed by atoms with E-state index in [2.05, 4.69) is 5.32 Å². The molecular weight excluding hydrogens is 268 g/mol. The SMILES string of the molecule is NC(=S)[C@@H](Cc1ccccc1)NC(=O)c1ccccc1. The molecule has 3 N–H and O–H groups in total. The first kappa shape index (κ1) is 14.2. The second kappa shape index (κ2) is 6.82. The van der Waals surface area contributed by atoms with Crippen molar-refractivity contribution in [3.05, 3.63) is 71.8 Å². The fourth-order valence-electron chi connectivity index (χ4n) is 1.90. The zero-order chi connectivity index (χ0) is 14.4. The number of nitrogens with one attached hydrogen (secondary N) is 1. The standard InChI is InChI=1S/C16H16N2OS/c17-15(20)14(11-12-7-3-1-4-8-12)18-16(19)13-9-5-2-6-10-13/h1-10,14H,11H2,(H2,17,20)(H,18,19)/t14-/m1/s1. The van der Waals surface area contributed by atoms with Crippen LogP contribution in [0.4, 0.5) is 0 Å². The fourth-order valence-corrected chi connectivity index (χ4v) is 2.05. The van der Waals surface area contributed by atoms with E-state index >= 15 is 0 Å². The zero-order valence-corrected chi connectivity index (χ0v) is 11.8. The molecule has 0 heterocycles. The third kappa shape index (κ3) is 3.90. The molecule has 20 heavy (non-hydrogen) atoms. The molecule has 0 aliphatic rings. The number of rotatable bonds is 5. The summed E-state index contributed by atoms with van der Waals surface area (Å²) in [6.07, 6.45) is 0.592. The number of amides is 1. The molecule has 4 heteroatoms. The van der Waals surface area contributed by atoms with Crippen LogP contribution in [0.25, 0.3) is 0 Å². The third-order valence-electron chi connectivity index (χ3n) is 2.97. The Hall–Kier alpha value is -2.20. The van der Waals surface area contributed by atoms with Gasteiger partial charge < -0.3 is 11.1 Å². The number of benzene rings is 2. The summed E-state index contributed by atoms with van der Waals surface area (Å²) in [6.45, 7) is 0. The number of hydrogen-bond donors (Lipinski definition) is 2. The Labute approximate surface area is 123 Å². The minimum absolute atomic E-state index is 0.167. The lowest BCUT2D eigenvalue weighted by molar-refractivity contribution is 0.0947. The molecule has 1 atom stereocenters. The van der Waals surface area contributed by atoms with Crippen molar-refractivity contribution in [1.29, 1.82) is 0 Å². The maximum Gasteiger partial charge on any atom is 0.251 e. The van der Waals surface area contributed by atoms with Crippen LogP contribution < -0.4 is 11.1 Å². The zero-order valence-electron chi connectivity index (χ0n) is 11.0. The van der Waals surface area contributed by atoms with Gasteiger partial charge in [-0.15, -0.1) is 0 Å². The van der Waals surface area contributed by atoms with Gasteiger partial charge in [0, 0.05) is 5.56 Å². The fraction of sp³-hybridized carbons (Fsp3) is 0.125. The van der Waals surface area contributed by atoms with Gasteiger partial charge in [-0.25, -0.2) is 0 Å². The van der Waals surface area contributed by atoms with Crippen molar-refractivity contribution < 1.29 is 4.79 Å². The van der Waals surface area contributed by atoms with E-state index in [9.17, 15) is 4.79 Å². The van der Waals surface area contributed by atoms with Crippen molar-refractivity contribution in [2.24, 2.45) is 5.73 Å². The largest absolute Gasteiger partial charge is 0.392 e. The van der Waals surface area contributed by atoms with Gasteiger partial charge in [0.2, 0.25) is 0 Å². The highest BCUT2D eigenvalue weighted by Gasteiger charge is 2.16. The molecule has 2 rings (SSSR count). The summed E-state index contributed by atoms with van der Waals surface area (Å²) in [5.41, 5.74) is 7.41. The van der Waals surface area contributed by atoms with Gasteiger partial charge in [0.15, 0.2) is 0 Å². The number of carbonyl (C=O) groups excluding carboxylic acids is 1. The summed E-state index contributed by atoms with van der Waals surface area (Å²) in [7, 11) is 0. The van der Waals surface area contributed by atoms with Crippen molar-refractivity contribution in [3.63, 3.8) is 0 Å². The Bertz CT molecular complexity index is 584. The van der Waals surface area contributed by atoms with Crippen molar-refractivity contribution in [2.75, 3.05) is 0 Å². The van der Waals surface area contributed by atoms with Crippen LogP contribution in [0.1, 0.15) is 15.9 Å². The van der Waals surface area contributed by atoms with Gasteiger partial charge in [-0.2, -0.15) is 0 Å². The minimum Gasteiger partial charge on any atom is -0.392 e. The van der Waals surface area contributed by atoms with E-state index in [0.29, 0.717) is 12.0 Å². The Morgan fingerprint density at radius 1 is 1.05 bits per heavy atom. The highest BCUT2D eigenvalue weighted by molar-refractivity contribution is 7.80. The first-order valence-electron chi connectivity index (χ1n) is 6.36. The molecule has 0 aliphatic heterocycles. The van der Waals surface area contributed by atoms with Gasteiger partial charge in [0.25, 0.3) is 5.91 Å². The lowest BCUT2D eigenvalue weighted by atomic mass is 10.1. The van der Waals surface area contributed by atoms with Crippen LogP contribution in [0.3, 0.4) is 0 Å². The number of hydrogen-bond acceptors (Lipinski definition) is 2. The molecule has 0 spiro atoms. The van der Waals surface area contributed by atoms with Crippen LogP contribution in [0.2, 0.25) is 0 Å². The average molecular weight is 284 g/mol. The van der Waals surface area contributed by atoms with Crippen LogP contribution in [-0.2, 0) is 6.42 Å². The summed E-state index contributed by atoms with van der Waals surface area (Å²) in [6, 6.07) is 18.5. The number of carbonyl (C=O) groups is 1. The van der Waals surface area contributed by atoms with E-state index in [4.69, 9.17) is 18.0 Å². The van der Waals surface area contributed by atoms with E-state index < -0.39 is 0 Å². The highest BCUT2D eigenvalue weighted by Crippen LogP contribution is 2.05. The van der Waals surface area contributed by atoms with E-state index in [1.807, 2.05) is 48.5 Å². The Morgan fingerprint density at radius 2 is 1.60 bits per heavy atom. The first-order valence-corrected chi connectivity index (χ1v) is 6.77. The summed E-state index contributed by atoms with van der Waals surface area (Å²) in [5, 5.41) is 2.88. The molecule has 0 saturated heterocycles.